The van der Waals surface area contributed by atoms with Gasteiger partial charge in [-0.05, 0) is 12.8 Å². The molecule has 0 fully saturated rings. The molecule has 8 heteroatoms. The highest BCUT2D eigenvalue weighted by Gasteiger charge is 2.38. The van der Waals surface area contributed by atoms with E-state index >= 15 is 0 Å². The molecule has 17 heavy (non-hydrogen) atoms. The monoisotopic (exact) mass is 257 g/mol. The van der Waals surface area contributed by atoms with Crippen molar-refractivity contribution >= 4 is 12.1 Å². The van der Waals surface area contributed by atoms with Crippen molar-refractivity contribution in [2.45, 2.75) is 38.4 Å². The molecule has 2 N–H and O–H groups in total. The summed E-state index contributed by atoms with van der Waals surface area (Å²) in [5.74, 6) is -1.31. The molecule has 0 aromatic carbocycles. The van der Waals surface area contributed by atoms with Crippen molar-refractivity contribution in [1.82, 2.24) is 5.32 Å². The zero-order valence-corrected chi connectivity index (χ0v) is 9.43. The molecule has 5 nitrogen and oxygen atoms in total. The van der Waals surface area contributed by atoms with E-state index in [1.54, 1.807) is 0 Å². The first-order valence-corrected chi connectivity index (χ1v) is 4.92. The van der Waals surface area contributed by atoms with Gasteiger partial charge in [-0.1, -0.05) is 13.8 Å². The summed E-state index contributed by atoms with van der Waals surface area (Å²) in [6.45, 7) is 1.26. The van der Waals surface area contributed by atoms with E-state index in [2.05, 4.69) is 4.74 Å². The lowest BCUT2D eigenvalue weighted by Gasteiger charge is -2.27. The van der Waals surface area contributed by atoms with Crippen LogP contribution in [0, 0.1) is 0 Å². The minimum absolute atomic E-state index is 0.0416. The molecule has 0 aromatic rings. The Balaban J connectivity index is 4.48. The third-order valence-corrected chi connectivity index (χ3v) is 2.32. The van der Waals surface area contributed by atoms with Gasteiger partial charge in [0.2, 0.25) is 0 Å². The predicted molar refractivity (Wildman–Crippen MR) is 51.5 cm³/mol. The summed E-state index contributed by atoms with van der Waals surface area (Å²) < 4.78 is 39.1. The fraction of sp³-hybridized carbons (Fsp3) is 0.778. The first-order valence-electron chi connectivity index (χ1n) is 4.92. The van der Waals surface area contributed by atoms with Gasteiger partial charge < -0.3 is 15.2 Å². The molecule has 0 spiro atoms. The number of ether oxygens (including phenoxy) is 1. The standard InChI is InChI=1S/C9H14F3NO4/c1-3-8(4-2,6(14)15)13-7(16)17-5-9(10,11)12/h3-5H2,1-2H3,(H,13,16)(H,14,15). The number of hydrogen-bond acceptors (Lipinski definition) is 3. The number of aliphatic carboxylic acids is 1. The van der Waals surface area contributed by atoms with E-state index in [4.69, 9.17) is 5.11 Å². The average molecular weight is 257 g/mol. The Morgan fingerprint density at radius 1 is 1.24 bits per heavy atom. The van der Waals surface area contributed by atoms with Crippen molar-refractivity contribution in [2.75, 3.05) is 6.61 Å². The molecular weight excluding hydrogens is 243 g/mol. The number of rotatable bonds is 5. The predicted octanol–water partition coefficient (Wildman–Crippen LogP) is 1.92. The quantitative estimate of drug-likeness (QED) is 0.788. The second-order valence-corrected chi connectivity index (χ2v) is 3.41. The topological polar surface area (TPSA) is 75.6 Å². The molecule has 0 radical (unpaired) electrons. The second-order valence-electron chi connectivity index (χ2n) is 3.41. The SMILES string of the molecule is CCC(CC)(NC(=O)OCC(F)(F)F)C(=O)O. The van der Waals surface area contributed by atoms with E-state index < -0.39 is 30.4 Å². The first-order chi connectivity index (χ1) is 7.67. The molecule has 0 aliphatic rings. The fourth-order valence-electron chi connectivity index (χ4n) is 1.16. The van der Waals surface area contributed by atoms with Gasteiger partial charge >= 0.3 is 18.2 Å². The Bertz CT molecular complexity index is 286. The van der Waals surface area contributed by atoms with Crippen LogP contribution in [-0.2, 0) is 9.53 Å². The summed E-state index contributed by atoms with van der Waals surface area (Å²) in [5.41, 5.74) is -1.59. The number of amides is 1. The second kappa shape index (κ2) is 5.74. The Morgan fingerprint density at radius 2 is 1.71 bits per heavy atom. The number of alkyl halides is 3. The molecule has 0 bridgehead atoms. The number of halogens is 3. The molecule has 0 rings (SSSR count). The molecule has 0 heterocycles. The van der Waals surface area contributed by atoms with Gasteiger partial charge in [-0.15, -0.1) is 0 Å². The summed E-state index contributed by atoms with van der Waals surface area (Å²) in [6, 6.07) is 0. The summed E-state index contributed by atoms with van der Waals surface area (Å²) in [4.78, 5) is 22.0. The molecule has 0 aromatic heterocycles. The van der Waals surface area contributed by atoms with E-state index in [9.17, 15) is 22.8 Å². The molecule has 0 saturated carbocycles. The average Bonchev–Trinajstić information content (AvgIpc) is 2.22. The van der Waals surface area contributed by atoms with Crippen molar-refractivity contribution in [1.29, 1.82) is 0 Å². The van der Waals surface area contributed by atoms with Gasteiger partial charge in [0.25, 0.3) is 0 Å². The molecular formula is C9H14F3NO4. The largest absolute Gasteiger partial charge is 0.480 e. The van der Waals surface area contributed by atoms with Crippen molar-refractivity contribution in [3.05, 3.63) is 0 Å². The summed E-state index contributed by atoms with van der Waals surface area (Å²) in [6.07, 6.45) is -5.95. The lowest BCUT2D eigenvalue weighted by atomic mass is 9.93. The van der Waals surface area contributed by atoms with Crippen LogP contribution in [0.5, 0.6) is 0 Å². The lowest BCUT2D eigenvalue weighted by Crippen LogP contribution is -2.54. The molecule has 1 amide bonds. The van der Waals surface area contributed by atoms with Crippen molar-refractivity contribution in [2.24, 2.45) is 0 Å². The summed E-state index contributed by atoms with van der Waals surface area (Å²) >= 11 is 0. The highest BCUT2D eigenvalue weighted by atomic mass is 19.4. The normalized spacial score (nSPS) is 12.1. The number of carboxylic acid groups (broad SMARTS) is 1. The van der Waals surface area contributed by atoms with E-state index in [-0.39, 0.29) is 12.8 Å². The molecule has 0 atom stereocenters. The Labute approximate surface area is 95.9 Å². The summed E-state index contributed by atoms with van der Waals surface area (Å²) in [5, 5.41) is 10.8. The lowest BCUT2D eigenvalue weighted by molar-refractivity contribution is -0.161. The Morgan fingerprint density at radius 3 is 2.00 bits per heavy atom. The highest BCUT2D eigenvalue weighted by molar-refractivity contribution is 5.84. The van der Waals surface area contributed by atoms with Gasteiger partial charge in [-0.2, -0.15) is 13.2 Å². The smallest absolute Gasteiger partial charge is 0.422 e. The number of carboxylic acids is 1. The van der Waals surface area contributed by atoms with Gasteiger partial charge in [0.15, 0.2) is 6.61 Å². The van der Waals surface area contributed by atoms with Crippen LogP contribution >= 0.6 is 0 Å². The van der Waals surface area contributed by atoms with Crippen LogP contribution in [-0.4, -0.2) is 35.5 Å². The van der Waals surface area contributed by atoms with Crippen molar-refractivity contribution in [3.63, 3.8) is 0 Å². The number of carbonyl (C=O) groups excluding carboxylic acids is 1. The zero-order valence-electron chi connectivity index (χ0n) is 9.43. The van der Waals surface area contributed by atoms with Crippen LogP contribution in [0.25, 0.3) is 0 Å². The third-order valence-electron chi connectivity index (χ3n) is 2.32. The molecule has 0 aliphatic heterocycles. The Kier molecular flexibility index (Phi) is 5.24. The van der Waals surface area contributed by atoms with E-state index in [1.807, 2.05) is 5.32 Å². The van der Waals surface area contributed by atoms with Gasteiger partial charge in [-0.3, -0.25) is 0 Å². The van der Waals surface area contributed by atoms with E-state index in [0.717, 1.165) is 0 Å². The fourth-order valence-corrected chi connectivity index (χ4v) is 1.16. The maximum atomic E-state index is 11.7. The molecule has 0 saturated heterocycles. The third kappa shape index (κ3) is 4.92. The van der Waals surface area contributed by atoms with Crippen molar-refractivity contribution in [3.8, 4) is 0 Å². The van der Waals surface area contributed by atoms with Crippen LogP contribution < -0.4 is 5.32 Å². The number of nitrogens with one attached hydrogen (secondary N) is 1. The molecule has 0 aliphatic carbocycles. The maximum Gasteiger partial charge on any atom is 0.422 e. The van der Waals surface area contributed by atoms with Gasteiger partial charge in [0, 0.05) is 0 Å². The number of hydrogen-bond donors (Lipinski definition) is 2. The van der Waals surface area contributed by atoms with E-state index in [0.29, 0.717) is 0 Å². The molecule has 0 unspecified atom stereocenters. The highest BCUT2D eigenvalue weighted by Crippen LogP contribution is 2.17. The van der Waals surface area contributed by atoms with E-state index in [1.165, 1.54) is 13.8 Å². The zero-order chi connectivity index (χ0) is 13.7. The van der Waals surface area contributed by atoms with Crippen LogP contribution in [0.3, 0.4) is 0 Å². The number of alkyl carbamates (subject to hydrolysis) is 1. The van der Waals surface area contributed by atoms with Crippen LogP contribution in [0.4, 0.5) is 18.0 Å². The van der Waals surface area contributed by atoms with Crippen LogP contribution in [0.15, 0.2) is 0 Å². The first kappa shape index (κ1) is 15.5. The molecule has 100 valence electrons. The van der Waals surface area contributed by atoms with Crippen LogP contribution in [0.2, 0.25) is 0 Å². The Hall–Kier alpha value is -1.47. The van der Waals surface area contributed by atoms with Crippen LogP contribution in [0.1, 0.15) is 26.7 Å². The minimum Gasteiger partial charge on any atom is -0.480 e. The van der Waals surface area contributed by atoms with Gasteiger partial charge in [0.05, 0.1) is 0 Å². The van der Waals surface area contributed by atoms with Crippen molar-refractivity contribution < 1.29 is 32.6 Å². The summed E-state index contributed by atoms with van der Waals surface area (Å²) in [7, 11) is 0. The number of carbonyl (C=O) groups is 2. The van der Waals surface area contributed by atoms with Gasteiger partial charge in [0.1, 0.15) is 5.54 Å². The maximum absolute atomic E-state index is 11.7. The van der Waals surface area contributed by atoms with Gasteiger partial charge in [-0.25, -0.2) is 9.59 Å². The minimum atomic E-state index is -4.64.